The van der Waals surface area contributed by atoms with Gasteiger partial charge < -0.3 is 9.22 Å². The van der Waals surface area contributed by atoms with Gasteiger partial charge in [0.1, 0.15) is 13.2 Å². The summed E-state index contributed by atoms with van der Waals surface area (Å²) in [6, 6.07) is 5.80. The quantitative estimate of drug-likeness (QED) is 0.421. The fraction of sp³-hybridized carbons (Fsp3) is 0.500. The Morgan fingerprint density at radius 3 is 2.05 bits per heavy atom. The van der Waals surface area contributed by atoms with Crippen molar-refractivity contribution in [3.05, 3.63) is 34.9 Å². The highest BCUT2D eigenvalue weighted by molar-refractivity contribution is 9.08. The van der Waals surface area contributed by atoms with Gasteiger partial charge in [-0.05, 0) is 23.3 Å². The summed E-state index contributed by atoms with van der Waals surface area (Å²) in [5.74, 6) is -0.251. The van der Waals surface area contributed by atoms with Gasteiger partial charge in [-0.2, -0.15) is 0 Å². The van der Waals surface area contributed by atoms with Crippen LogP contribution in [0, 0.1) is 0 Å². The molecule has 106 valence electrons. The number of nitrogens with zero attached hydrogens (tertiary/aromatic N) is 1. The Morgan fingerprint density at radius 2 is 1.63 bits per heavy atom. The molecule has 1 rings (SSSR count). The highest BCUT2D eigenvalue weighted by atomic mass is 79.9. The lowest BCUT2D eigenvalue weighted by Gasteiger charge is -2.23. The van der Waals surface area contributed by atoms with E-state index in [1.165, 1.54) is 0 Å². The second kappa shape index (κ2) is 7.41. The highest BCUT2D eigenvalue weighted by Crippen LogP contribution is 2.16. The van der Waals surface area contributed by atoms with Crippen LogP contribution in [0.2, 0.25) is 0 Å². The molecule has 0 atom stereocenters. The summed E-state index contributed by atoms with van der Waals surface area (Å²) in [7, 11) is 6.21. The van der Waals surface area contributed by atoms with Crippen LogP contribution in [0.5, 0.6) is 0 Å². The number of likely N-dealkylation sites (N-methyl/N-ethyl adjacent to an activating group) is 1. The number of benzene rings is 1. The maximum absolute atomic E-state index is 12.0. The zero-order valence-electron chi connectivity index (χ0n) is 11.6. The molecular formula is C14H20Br2NO2+. The van der Waals surface area contributed by atoms with Crippen molar-refractivity contribution < 1.29 is 14.0 Å². The molecule has 0 saturated heterocycles. The minimum atomic E-state index is -0.251. The van der Waals surface area contributed by atoms with Crippen LogP contribution >= 0.6 is 31.9 Å². The van der Waals surface area contributed by atoms with E-state index in [1.54, 1.807) is 0 Å². The second-order valence-corrected chi connectivity index (χ2v) is 6.58. The predicted octanol–water partition coefficient (Wildman–Crippen LogP) is 3.34. The van der Waals surface area contributed by atoms with Crippen LogP contribution in [0.1, 0.15) is 21.5 Å². The van der Waals surface area contributed by atoms with Crippen LogP contribution in [0.15, 0.2) is 18.2 Å². The Bertz CT molecular complexity index is 419. The molecular weight excluding hydrogens is 374 g/mol. The number of quaternary nitrogens is 1. The van der Waals surface area contributed by atoms with E-state index in [9.17, 15) is 4.79 Å². The Balaban J connectivity index is 2.71. The first-order chi connectivity index (χ1) is 8.85. The number of alkyl halides is 2. The lowest BCUT2D eigenvalue weighted by molar-refractivity contribution is -0.870. The van der Waals surface area contributed by atoms with E-state index >= 15 is 0 Å². The number of hydrogen-bond donors (Lipinski definition) is 0. The van der Waals surface area contributed by atoms with Gasteiger partial charge in [-0.15, -0.1) is 0 Å². The molecule has 0 spiro atoms. The van der Waals surface area contributed by atoms with Gasteiger partial charge in [-0.1, -0.05) is 37.9 Å². The summed E-state index contributed by atoms with van der Waals surface area (Å²) in [5, 5.41) is 1.46. The number of carbonyl (C=O) groups is 1. The van der Waals surface area contributed by atoms with E-state index < -0.39 is 0 Å². The van der Waals surface area contributed by atoms with Gasteiger partial charge in [0.25, 0.3) is 0 Å². The molecule has 1 aromatic rings. The molecule has 0 aromatic heterocycles. The van der Waals surface area contributed by atoms with Crippen LogP contribution in [-0.2, 0) is 15.4 Å². The summed E-state index contributed by atoms with van der Waals surface area (Å²) in [5.41, 5.74) is 2.78. The standard InChI is InChI=1S/C14H20Br2NO2/c1-17(2,3)4-5-19-14(18)13-7-11(9-15)6-12(8-13)10-16/h6-8H,4-5,9-10H2,1-3H3/q+1. The van der Waals surface area contributed by atoms with Crippen LogP contribution in [-0.4, -0.2) is 44.7 Å². The third kappa shape index (κ3) is 6.06. The molecule has 0 saturated carbocycles. The zero-order chi connectivity index (χ0) is 14.5. The van der Waals surface area contributed by atoms with Gasteiger partial charge in [0, 0.05) is 10.7 Å². The largest absolute Gasteiger partial charge is 0.456 e. The highest BCUT2D eigenvalue weighted by Gasteiger charge is 2.12. The molecule has 5 heteroatoms. The van der Waals surface area contributed by atoms with Crippen molar-refractivity contribution in [1.82, 2.24) is 0 Å². The van der Waals surface area contributed by atoms with Gasteiger partial charge in [0.2, 0.25) is 0 Å². The average Bonchev–Trinajstić information content (AvgIpc) is 2.36. The molecule has 0 aliphatic carbocycles. The fourth-order valence-electron chi connectivity index (χ4n) is 1.53. The molecule has 0 radical (unpaired) electrons. The zero-order valence-corrected chi connectivity index (χ0v) is 14.8. The Hall–Kier alpha value is -0.390. The normalized spacial score (nSPS) is 11.4. The summed E-state index contributed by atoms with van der Waals surface area (Å²) in [4.78, 5) is 12.0. The predicted molar refractivity (Wildman–Crippen MR) is 84.9 cm³/mol. The monoisotopic (exact) mass is 392 g/mol. The summed E-state index contributed by atoms with van der Waals surface area (Å²) in [6.45, 7) is 1.24. The molecule has 1 aromatic carbocycles. The van der Waals surface area contributed by atoms with Crippen molar-refractivity contribution in [1.29, 1.82) is 0 Å². The van der Waals surface area contributed by atoms with Crippen molar-refractivity contribution in [2.45, 2.75) is 10.7 Å². The van der Waals surface area contributed by atoms with Gasteiger partial charge in [0.05, 0.1) is 26.7 Å². The fourth-order valence-corrected chi connectivity index (χ4v) is 2.18. The molecule has 0 aliphatic rings. The van der Waals surface area contributed by atoms with Crippen molar-refractivity contribution in [2.24, 2.45) is 0 Å². The molecule has 0 N–H and O–H groups in total. The number of ether oxygens (including phenoxy) is 1. The van der Waals surface area contributed by atoms with Crippen molar-refractivity contribution in [3.63, 3.8) is 0 Å². The number of hydrogen-bond acceptors (Lipinski definition) is 2. The van der Waals surface area contributed by atoms with E-state index in [0.29, 0.717) is 12.2 Å². The SMILES string of the molecule is C[N+](C)(C)CCOC(=O)c1cc(CBr)cc(CBr)c1. The molecule has 19 heavy (non-hydrogen) atoms. The maximum Gasteiger partial charge on any atom is 0.338 e. The first kappa shape index (κ1) is 16.7. The molecule has 0 aliphatic heterocycles. The molecule has 0 amide bonds. The van der Waals surface area contributed by atoms with E-state index in [0.717, 1.165) is 32.8 Å². The summed E-state index contributed by atoms with van der Waals surface area (Å²) >= 11 is 6.83. The van der Waals surface area contributed by atoms with E-state index in [4.69, 9.17) is 4.74 Å². The Kier molecular flexibility index (Phi) is 6.50. The third-order valence-electron chi connectivity index (χ3n) is 2.59. The van der Waals surface area contributed by atoms with Crippen molar-refractivity contribution in [2.75, 3.05) is 34.3 Å². The van der Waals surface area contributed by atoms with Crippen molar-refractivity contribution in [3.8, 4) is 0 Å². The van der Waals surface area contributed by atoms with Gasteiger partial charge >= 0.3 is 5.97 Å². The number of halogens is 2. The smallest absolute Gasteiger partial charge is 0.338 e. The van der Waals surface area contributed by atoms with Gasteiger partial charge in [-0.25, -0.2) is 4.79 Å². The molecule has 0 fully saturated rings. The van der Waals surface area contributed by atoms with Crippen LogP contribution < -0.4 is 0 Å². The maximum atomic E-state index is 12.0. The minimum absolute atomic E-state index is 0.251. The first-order valence-electron chi connectivity index (χ1n) is 6.08. The number of rotatable bonds is 6. The lowest BCUT2D eigenvalue weighted by atomic mass is 10.1. The van der Waals surface area contributed by atoms with E-state index in [-0.39, 0.29) is 5.97 Å². The topological polar surface area (TPSA) is 26.3 Å². The Morgan fingerprint density at radius 1 is 1.11 bits per heavy atom. The van der Waals surface area contributed by atoms with Crippen LogP contribution in [0.3, 0.4) is 0 Å². The van der Waals surface area contributed by atoms with Crippen LogP contribution in [0.25, 0.3) is 0 Å². The summed E-state index contributed by atoms with van der Waals surface area (Å²) < 4.78 is 6.10. The van der Waals surface area contributed by atoms with Gasteiger partial charge in [0.15, 0.2) is 0 Å². The number of carbonyl (C=O) groups excluding carboxylic acids is 1. The van der Waals surface area contributed by atoms with Gasteiger partial charge in [-0.3, -0.25) is 0 Å². The molecule has 0 bridgehead atoms. The average molecular weight is 394 g/mol. The lowest BCUT2D eigenvalue weighted by Crippen LogP contribution is -2.38. The van der Waals surface area contributed by atoms with E-state index in [2.05, 4.69) is 59.1 Å². The third-order valence-corrected chi connectivity index (χ3v) is 3.89. The molecule has 0 heterocycles. The molecule has 3 nitrogen and oxygen atoms in total. The van der Waals surface area contributed by atoms with Crippen molar-refractivity contribution >= 4 is 37.8 Å². The summed E-state index contributed by atoms with van der Waals surface area (Å²) in [6.07, 6.45) is 0. The first-order valence-corrected chi connectivity index (χ1v) is 8.32. The molecule has 0 unspecified atom stereocenters. The minimum Gasteiger partial charge on any atom is -0.456 e. The second-order valence-electron chi connectivity index (χ2n) is 5.46. The Labute approximate surface area is 131 Å². The number of esters is 1. The van der Waals surface area contributed by atoms with Crippen LogP contribution in [0.4, 0.5) is 0 Å². The van der Waals surface area contributed by atoms with E-state index in [1.807, 2.05) is 12.1 Å².